The van der Waals surface area contributed by atoms with Crippen LogP contribution in [0, 0.1) is 0 Å². The molecule has 1 aromatic heterocycles. The summed E-state index contributed by atoms with van der Waals surface area (Å²) in [5.41, 5.74) is 3.35. The van der Waals surface area contributed by atoms with Gasteiger partial charge < -0.3 is 10.4 Å². The molecule has 2 N–H and O–H groups in total. The Morgan fingerprint density at radius 2 is 2.21 bits per heavy atom. The molecule has 4 heteroatoms. The van der Waals surface area contributed by atoms with Crippen molar-refractivity contribution >= 4 is 11.7 Å². The highest BCUT2D eigenvalue weighted by molar-refractivity contribution is 6.08. The van der Waals surface area contributed by atoms with Gasteiger partial charge in [-0.15, -0.1) is 0 Å². The van der Waals surface area contributed by atoms with Crippen molar-refractivity contribution in [3.63, 3.8) is 0 Å². The van der Waals surface area contributed by atoms with Crippen LogP contribution in [0.15, 0.2) is 65.4 Å². The van der Waals surface area contributed by atoms with Crippen LogP contribution in [0.25, 0.3) is 0 Å². The number of rotatable bonds is 3. The monoisotopic (exact) mass is 252 g/mol. The maximum Gasteiger partial charge on any atom is 0.257 e. The molecule has 94 valence electrons. The number of nitrogens with one attached hydrogen (secondary N) is 1. The molecule has 2 aliphatic carbocycles. The maximum absolute atomic E-state index is 12.2. The fourth-order valence-corrected chi connectivity index (χ4v) is 2.11. The van der Waals surface area contributed by atoms with E-state index in [2.05, 4.69) is 10.3 Å². The first-order valence-corrected chi connectivity index (χ1v) is 5.96. The zero-order valence-electron chi connectivity index (χ0n) is 10.1. The van der Waals surface area contributed by atoms with E-state index in [1.54, 1.807) is 24.4 Å². The van der Waals surface area contributed by atoms with Gasteiger partial charge in [0.1, 0.15) is 5.82 Å². The maximum atomic E-state index is 12.2. The topological polar surface area (TPSA) is 62.2 Å². The Morgan fingerprint density at radius 1 is 1.32 bits per heavy atom. The molecule has 1 aromatic rings. The fourth-order valence-electron chi connectivity index (χ4n) is 2.11. The number of aliphatic hydroxyl groups excluding tert-OH is 1. The Balaban J connectivity index is 1.83. The summed E-state index contributed by atoms with van der Waals surface area (Å²) in [4.78, 5) is 16.2. The number of aromatic nitrogens is 1. The smallest absolute Gasteiger partial charge is 0.257 e. The minimum atomic E-state index is -0.191. The zero-order valence-corrected chi connectivity index (χ0v) is 10.1. The van der Waals surface area contributed by atoms with E-state index in [1.807, 2.05) is 24.3 Å². The lowest BCUT2D eigenvalue weighted by atomic mass is 10.1. The molecule has 1 heterocycles. The van der Waals surface area contributed by atoms with E-state index in [-0.39, 0.29) is 12.5 Å². The summed E-state index contributed by atoms with van der Waals surface area (Å²) in [5, 5.41) is 11.8. The first kappa shape index (κ1) is 11.6. The number of hydrogen-bond donors (Lipinski definition) is 2. The highest BCUT2D eigenvalue weighted by Crippen LogP contribution is 2.30. The van der Waals surface area contributed by atoms with Gasteiger partial charge in [-0.1, -0.05) is 24.3 Å². The quantitative estimate of drug-likeness (QED) is 0.863. The van der Waals surface area contributed by atoms with Crippen LogP contribution in [0.2, 0.25) is 0 Å². The summed E-state index contributed by atoms with van der Waals surface area (Å²) >= 11 is 0. The second-order valence-corrected chi connectivity index (χ2v) is 4.30. The molecule has 0 aliphatic heterocycles. The summed E-state index contributed by atoms with van der Waals surface area (Å²) in [6.07, 6.45) is 11.1. The normalized spacial score (nSPS) is 15.7. The first-order chi connectivity index (χ1) is 9.28. The van der Waals surface area contributed by atoms with E-state index in [1.165, 1.54) is 0 Å². The van der Waals surface area contributed by atoms with E-state index < -0.39 is 0 Å². The Bertz CT molecular complexity index is 666. The fraction of sp³-hybridized carbons (Fsp3) is 0.0667. The van der Waals surface area contributed by atoms with Gasteiger partial charge in [-0.05, 0) is 34.9 Å². The SMILES string of the molecule is O=C(Nc1cc(CO)ccn1)C1=C2C=CC=C2C=C1. The van der Waals surface area contributed by atoms with Crippen LogP contribution < -0.4 is 5.32 Å². The van der Waals surface area contributed by atoms with E-state index in [0.29, 0.717) is 17.0 Å². The molecule has 2 aliphatic rings. The first-order valence-electron chi connectivity index (χ1n) is 5.96. The Morgan fingerprint density at radius 3 is 3.05 bits per heavy atom. The molecule has 3 rings (SSSR count). The molecule has 0 aromatic carbocycles. The highest BCUT2D eigenvalue weighted by atomic mass is 16.3. The van der Waals surface area contributed by atoms with Crippen LogP contribution in [-0.4, -0.2) is 16.0 Å². The molecule has 1 amide bonds. The number of pyridine rings is 1. The van der Waals surface area contributed by atoms with Crippen molar-refractivity contribution in [3.8, 4) is 0 Å². The number of fused-ring (bicyclic) bond motifs is 1. The van der Waals surface area contributed by atoms with Gasteiger partial charge in [0.15, 0.2) is 0 Å². The standard InChI is InChI=1S/C15H12N2O2/c18-9-10-6-7-16-14(8-10)17-15(19)13-5-4-11-2-1-3-12(11)13/h1-8,18H,9H2,(H,16,17,19). The van der Waals surface area contributed by atoms with E-state index in [9.17, 15) is 4.79 Å². The van der Waals surface area contributed by atoms with Crippen LogP contribution in [0.1, 0.15) is 5.56 Å². The molecule has 0 bridgehead atoms. The summed E-state index contributed by atoms with van der Waals surface area (Å²) in [7, 11) is 0. The van der Waals surface area contributed by atoms with E-state index in [4.69, 9.17) is 5.11 Å². The zero-order chi connectivity index (χ0) is 13.2. The Kier molecular flexibility index (Phi) is 2.85. The van der Waals surface area contributed by atoms with Crippen LogP contribution in [0.5, 0.6) is 0 Å². The number of hydrogen-bond acceptors (Lipinski definition) is 3. The second-order valence-electron chi connectivity index (χ2n) is 4.30. The number of anilines is 1. The van der Waals surface area contributed by atoms with Crippen molar-refractivity contribution < 1.29 is 9.90 Å². The lowest BCUT2D eigenvalue weighted by Gasteiger charge is -2.06. The van der Waals surface area contributed by atoms with Crippen molar-refractivity contribution in [2.24, 2.45) is 0 Å². The third-order valence-corrected chi connectivity index (χ3v) is 3.06. The van der Waals surface area contributed by atoms with Gasteiger partial charge in [-0.2, -0.15) is 0 Å². The van der Waals surface area contributed by atoms with Gasteiger partial charge in [0.05, 0.1) is 6.61 Å². The van der Waals surface area contributed by atoms with Crippen molar-refractivity contribution in [2.45, 2.75) is 6.61 Å². The highest BCUT2D eigenvalue weighted by Gasteiger charge is 2.20. The Hall–Kier alpha value is -2.46. The second kappa shape index (κ2) is 4.66. The minimum absolute atomic E-state index is 0.0745. The van der Waals surface area contributed by atoms with E-state index >= 15 is 0 Å². The number of carbonyl (C=O) groups excluding carboxylic acids is 1. The molecule has 0 spiro atoms. The van der Waals surface area contributed by atoms with Crippen molar-refractivity contribution in [1.29, 1.82) is 0 Å². The van der Waals surface area contributed by atoms with Gasteiger partial charge in [0.25, 0.3) is 5.91 Å². The molecule has 19 heavy (non-hydrogen) atoms. The third kappa shape index (κ3) is 2.13. The minimum Gasteiger partial charge on any atom is -0.392 e. The van der Waals surface area contributed by atoms with Crippen molar-refractivity contribution in [2.75, 3.05) is 5.32 Å². The predicted molar refractivity (Wildman–Crippen MR) is 72.2 cm³/mol. The summed E-state index contributed by atoms with van der Waals surface area (Å²) in [6.45, 7) is -0.0745. The average molecular weight is 252 g/mol. The molecule has 4 nitrogen and oxygen atoms in total. The number of carbonyl (C=O) groups is 1. The lowest BCUT2D eigenvalue weighted by Crippen LogP contribution is -2.14. The molecule has 0 saturated carbocycles. The van der Waals surface area contributed by atoms with Gasteiger partial charge >= 0.3 is 0 Å². The molecule has 0 radical (unpaired) electrons. The van der Waals surface area contributed by atoms with Crippen molar-refractivity contribution in [3.05, 3.63) is 71.0 Å². The number of allylic oxidation sites excluding steroid dienone is 6. The molecule has 0 unspecified atom stereocenters. The number of amides is 1. The van der Waals surface area contributed by atoms with Gasteiger partial charge in [0.2, 0.25) is 0 Å². The predicted octanol–water partition coefficient (Wildman–Crippen LogP) is 1.88. The van der Waals surface area contributed by atoms with E-state index in [0.717, 1.165) is 11.1 Å². The molecule has 0 fully saturated rings. The number of aliphatic hydroxyl groups is 1. The Labute approximate surface area is 110 Å². The van der Waals surface area contributed by atoms with Gasteiger partial charge in [-0.3, -0.25) is 4.79 Å². The lowest BCUT2D eigenvalue weighted by molar-refractivity contribution is -0.112. The van der Waals surface area contributed by atoms with Crippen molar-refractivity contribution in [1.82, 2.24) is 4.98 Å². The average Bonchev–Trinajstić information content (AvgIpc) is 3.01. The summed E-state index contributed by atoms with van der Waals surface area (Å²) < 4.78 is 0. The number of nitrogens with zero attached hydrogens (tertiary/aromatic N) is 1. The van der Waals surface area contributed by atoms with Crippen LogP contribution >= 0.6 is 0 Å². The third-order valence-electron chi connectivity index (χ3n) is 3.06. The van der Waals surface area contributed by atoms with Crippen LogP contribution in [0.4, 0.5) is 5.82 Å². The molecule has 0 atom stereocenters. The van der Waals surface area contributed by atoms with Gasteiger partial charge in [-0.25, -0.2) is 4.98 Å². The summed E-state index contributed by atoms with van der Waals surface area (Å²) in [6, 6.07) is 3.36. The molecule has 0 saturated heterocycles. The summed E-state index contributed by atoms with van der Waals surface area (Å²) in [5.74, 6) is 0.251. The molecular formula is C15H12N2O2. The largest absolute Gasteiger partial charge is 0.392 e. The molecular weight excluding hydrogens is 240 g/mol. The van der Waals surface area contributed by atoms with Crippen LogP contribution in [-0.2, 0) is 11.4 Å². The van der Waals surface area contributed by atoms with Gasteiger partial charge in [0, 0.05) is 11.8 Å². The van der Waals surface area contributed by atoms with Crippen LogP contribution in [0.3, 0.4) is 0 Å².